The van der Waals surface area contributed by atoms with Crippen molar-refractivity contribution in [3.05, 3.63) is 29.8 Å². The lowest BCUT2D eigenvalue weighted by molar-refractivity contribution is 0.122. The van der Waals surface area contributed by atoms with Crippen LogP contribution in [0.5, 0.6) is 0 Å². The first kappa shape index (κ1) is 20.8. The molecular formula is C19H30N2O4S2. The van der Waals surface area contributed by atoms with E-state index in [0.29, 0.717) is 13.1 Å². The number of hydrogen-bond donors (Lipinski definition) is 0. The Balaban J connectivity index is 1.91. The zero-order chi connectivity index (χ0) is 20.0. The van der Waals surface area contributed by atoms with Gasteiger partial charge in [-0.05, 0) is 30.2 Å². The molecule has 2 saturated heterocycles. The Morgan fingerprint density at radius 1 is 0.963 bits per heavy atom. The largest absolute Gasteiger partial charge is 0.304 e. The zero-order valence-electron chi connectivity index (χ0n) is 16.6. The van der Waals surface area contributed by atoms with E-state index in [0.717, 1.165) is 18.7 Å². The molecule has 1 aromatic carbocycles. The minimum Gasteiger partial charge on any atom is -0.304 e. The molecule has 0 N–H and O–H groups in total. The van der Waals surface area contributed by atoms with Gasteiger partial charge in [0.15, 0.2) is 19.7 Å². The van der Waals surface area contributed by atoms with E-state index in [1.165, 1.54) is 0 Å². The number of likely N-dealkylation sites (N-methyl/N-ethyl adjacent to an activating group) is 1. The van der Waals surface area contributed by atoms with Gasteiger partial charge in [0.25, 0.3) is 0 Å². The number of sulfone groups is 2. The van der Waals surface area contributed by atoms with Gasteiger partial charge in [-0.25, -0.2) is 16.8 Å². The van der Waals surface area contributed by atoms with Crippen molar-refractivity contribution in [2.75, 3.05) is 44.7 Å². The summed E-state index contributed by atoms with van der Waals surface area (Å²) in [5.74, 6) is -0.353. The fraction of sp³-hybridized carbons (Fsp3) is 0.684. The molecule has 2 aliphatic heterocycles. The third-order valence-electron chi connectivity index (χ3n) is 5.73. The molecule has 8 heteroatoms. The summed E-state index contributed by atoms with van der Waals surface area (Å²) < 4.78 is 51.2. The van der Waals surface area contributed by atoms with Crippen LogP contribution in [0.3, 0.4) is 0 Å². The topological polar surface area (TPSA) is 74.8 Å². The Kier molecular flexibility index (Phi) is 5.49. The van der Waals surface area contributed by atoms with E-state index < -0.39 is 31.0 Å². The second kappa shape index (κ2) is 7.13. The van der Waals surface area contributed by atoms with Crippen molar-refractivity contribution in [1.29, 1.82) is 0 Å². The highest BCUT2D eigenvalue weighted by molar-refractivity contribution is 7.96. The van der Waals surface area contributed by atoms with Crippen LogP contribution in [0.15, 0.2) is 29.2 Å². The minimum atomic E-state index is -3.72. The molecule has 0 saturated carbocycles. The van der Waals surface area contributed by atoms with E-state index in [9.17, 15) is 16.8 Å². The van der Waals surface area contributed by atoms with Crippen LogP contribution in [0.1, 0.15) is 26.3 Å². The number of benzene rings is 1. The van der Waals surface area contributed by atoms with E-state index >= 15 is 0 Å². The van der Waals surface area contributed by atoms with Gasteiger partial charge in [-0.15, -0.1) is 0 Å². The van der Waals surface area contributed by atoms with Crippen LogP contribution in [0.25, 0.3) is 0 Å². The van der Waals surface area contributed by atoms with Crippen LogP contribution >= 0.6 is 0 Å². The number of hydrogen-bond acceptors (Lipinski definition) is 6. The van der Waals surface area contributed by atoms with Crippen molar-refractivity contribution in [3.8, 4) is 0 Å². The Labute approximate surface area is 163 Å². The molecule has 1 aromatic rings. The van der Waals surface area contributed by atoms with Crippen LogP contribution in [0.2, 0.25) is 0 Å². The molecule has 2 heterocycles. The Morgan fingerprint density at radius 2 is 1.52 bits per heavy atom. The van der Waals surface area contributed by atoms with Crippen molar-refractivity contribution in [1.82, 2.24) is 9.80 Å². The van der Waals surface area contributed by atoms with Gasteiger partial charge in [-0.3, -0.25) is 4.90 Å². The van der Waals surface area contributed by atoms with E-state index in [2.05, 4.69) is 30.6 Å². The van der Waals surface area contributed by atoms with Gasteiger partial charge < -0.3 is 4.90 Å². The van der Waals surface area contributed by atoms with Gasteiger partial charge in [-0.1, -0.05) is 32.9 Å². The smallest absolute Gasteiger partial charge is 0.183 e. The second-order valence-electron chi connectivity index (χ2n) is 8.84. The van der Waals surface area contributed by atoms with Gasteiger partial charge in [0, 0.05) is 32.2 Å². The highest BCUT2D eigenvalue weighted by atomic mass is 32.2. The van der Waals surface area contributed by atoms with Crippen molar-refractivity contribution in [3.63, 3.8) is 0 Å². The minimum absolute atomic E-state index is 0.0681. The highest BCUT2D eigenvalue weighted by Crippen LogP contribution is 2.31. The lowest BCUT2D eigenvalue weighted by Gasteiger charge is -2.37. The molecule has 152 valence electrons. The molecule has 0 amide bonds. The predicted octanol–water partition coefficient (Wildman–Crippen LogP) is 1.17. The number of rotatable bonds is 3. The Hall–Kier alpha value is -0.960. The molecule has 0 radical (unpaired) electrons. The first-order chi connectivity index (χ1) is 12.4. The van der Waals surface area contributed by atoms with Gasteiger partial charge in [0.1, 0.15) is 0 Å². The molecule has 0 unspecified atom stereocenters. The second-order valence-corrected chi connectivity index (χ2v) is 13.2. The lowest BCUT2D eigenvalue weighted by atomic mass is 9.87. The summed E-state index contributed by atoms with van der Waals surface area (Å²) in [4.78, 5) is 4.45. The van der Waals surface area contributed by atoms with Gasteiger partial charge >= 0.3 is 0 Å². The molecule has 0 spiro atoms. The van der Waals surface area contributed by atoms with Crippen molar-refractivity contribution < 1.29 is 16.8 Å². The molecule has 2 atom stereocenters. The quantitative estimate of drug-likeness (QED) is 0.739. The number of piperazine rings is 1. The third kappa shape index (κ3) is 4.39. The van der Waals surface area contributed by atoms with Crippen molar-refractivity contribution in [2.45, 2.75) is 42.4 Å². The molecule has 2 aliphatic rings. The fourth-order valence-electron chi connectivity index (χ4n) is 3.91. The van der Waals surface area contributed by atoms with Crippen molar-refractivity contribution in [2.24, 2.45) is 0 Å². The highest BCUT2D eigenvalue weighted by Gasteiger charge is 2.48. The van der Waals surface area contributed by atoms with E-state index in [4.69, 9.17) is 0 Å². The molecule has 0 aliphatic carbocycles. The molecule has 0 bridgehead atoms. The molecular weight excluding hydrogens is 384 g/mol. The number of nitrogens with zero attached hydrogens (tertiary/aromatic N) is 2. The third-order valence-corrected chi connectivity index (χ3v) is 9.86. The average Bonchev–Trinajstić information content (AvgIpc) is 2.91. The van der Waals surface area contributed by atoms with Crippen LogP contribution in [0.4, 0.5) is 0 Å². The Morgan fingerprint density at radius 3 is 2.04 bits per heavy atom. The molecule has 3 rings (SSSR count). The van der Waals surface area contributed by atoms with Crippen LogP contribution < -0.4 is 0 Å². The van der Waals surface area contributed by atoms with Crippen molar-refractivity contribution >= 4 is 19.7 Å². The van der Waals surface area contributed by atoms with Crippen LogP contribution in [-0.2, 0) is 25.1 Å². The maximum Gasteiger partial charge on any atom is 0.183 e. The monoisotopic (exact) mass is 414 g/mol. The first-order valence-electron chi connectivity index (χ1n) is 9.38. The lowest BCUT2D eigenvalue weighted by Crippen LogP contribution is -2.54. The molecule has 27 heavy (non-hydrogen) atoms. The van der Waals surface area contributed by atoms with Crippen LogP contribution in [0, 0.1) is 0 Å². The summed E-state index contributed by atoms with van der Waals surface area (Å²) in [5.41, 5.74) is 0.984. The average molecular weight is 415 g/mol. The predicted molar refractivity (Wildman–Crippen MR) is 108 cm³/mol. The maximum atomic E-state index is 13.3. The van der Waals surface area contributed by atoms with E-state index in [1.807, 2.05) is 19.2 Å². The summed E-state index contributed by atoms with van der Waals surface area (Å²) >= 11 is 0. The molecule has 6 nitrogen and oxygen atoms in total. The standard InChI is InChI=1S/C19H30N2O4S2/c1-19(2,3)15-5-7-16(8-6-15)27(24,25)18-14-26(22,23)13-17(18)21-11-9-20(4)10-12-21/h5-8,17-18H,9-14H2,1-4H3/t17-,18+/m1/s1. The summed E-state index contributed by atoms with van der Waals surface area (Å²) in [6.07, 6.45) is 0. The summed E-state index contributed by atoms with van der Waals surface area (Å²) in [6.45, 7) is 9.26. The molecule has 2 fully saturated rings. The molecule has 0 aromatic heterocycles. The summed E-state index contributed by atoms with van der Waals surface area (Å²) in [5, 5.41) is -0.897. The normalized spacial score (nSPS) is 27.7. The SMILES string of the molecule is CN1CCN([C@@H]2CS(=O)(=O)C[C@@H]2S(=O)(=O)c2ccc(C(C)(C)C)cc2)CC1. The summed E-state index contributed by atoms with van der Waals surface area (Å²) in [6, 6.07) is 6.46. The van der Waals surface area contributed by atoms with E-state index in [-0.39, 0.29) is 21.8 Å². The first-order valence-corrected chi connectivity index (χ1v) is 12.7. The van der Waals surface area contributed by atoms with E-state index in [1.54, 1.807) is 12.1 Å². The maximum absolute atomic E-state index is 13.3. The Bertz CT molecular complexity index is 879. The van der Waals surface area contributed by atoms with Crippen LogP contribution in [-0.4, -0.2) is 82.7 Å². The fourth-order valence-corrected chi connectivity index (χ4v) is 8.74. The zero-order valence-corrected chi connectivity index (χ0v) is 18.2. The van der Waals surface area contributed by atoms with Gasteiger partial charge in [0.05, 0.1) is 21.7 Å². The van der Waals surface area contributed by atoms with Gasteiger partial charge in [0.2, 0.25) is 0 Å². The summed E-state index contributed by atoms with van der Waals surface area (Å²) in [7, 11) is -5.06. The van der Waals surface area contributed by atoms with Gasteiger partial charge in [-0.2, -0.15) is 0 Å².